The first-order valence-electron chi connectivity index (χ1n) is 9.95. The largest absolute Gasteiger partial charge is 0.490 e. The predicted octanol–water partition coefficient (Wildman–Crippen LogP) is 3.76. The van der Waals surface area contributed by atoms with Crippen LogP contribution in [0.4, 0.5) is 0 Å². The van der Waals surface area contributed by atoms with E-state index in [4.69, 9.17) is 14.3 Å². The second-order valence-electron chi connectivity index (χ2n) is 7.45. The zero-order valence-corrected chi connectivity index (χ0v) is 17.9. The number of aromatic nitrogens is 2. The maximum absolute atomic E-state index is 6.22. The lowest BCUT2D eigenvalue weighted by atomic mass is 10.1. The van der Waals surface area contributed by atoms with Crippen LogP contribution in [0.25, 0.3) is 0 Å². The quantitative estimate of drug-likeness (QED) is 0.503. The van der Waals surface area contributed by atoms with E-state index in [1.54, 1.807) is 6.92 Å². The number of hydrogen-bond acceptors (Lipinski definition) is 5. The molecule has 0 aliphatic heterocycles. The molecule has 2 N–H and O–H groups in total. The minimum absolute atomic E-state index is 0.164. The zero-order chi connectivity index (χ0) is 20.5. The Morgan fingerprint density at radius 1 is 1.21 bits per heavy atom. The SMILES string of the molecule is CCNC(=NCc1ccc(C)cc1OC(C)CC(C)C)NCc1noc(C)n1. The molecule has 7 heteroatoms. The van der Waals surface area contributed by atoms with Crippen molar-refractivity contribution in [1.29, 1.82) is 0 Å². The fourth-order valence-electron chi connectivity index (χ4n) is 2.91. The number of hydrogen-bond donors (Lipinski definition) is 2. The van der Waals surface area contributed by atoms with E-state index in [-0.39, 0.29) is 6.10 Å². The number of ether oxygens (including phenoxy) is 1. The number of benzene rings is 1. The van der Waals surface area contributed by atoms with Gasteiger partial charge >= 0.3 is 0 Å². The number of aryl methyl sites for hydroxylation is 2. The second-order valence-corrected chi connectivity index (χ2v) is 7.45. The summed E-state index contributed by atoms with van der Waals surface area (Å²) in [6, 6.07) is 6.26. The van der Waals surface area contributed by atoms with E-state index >= 15 is 0 Å². The minimum Gasteiger partial charge on any atom is -0.490 e. The van der Waals surface area contributed by atoms with Gasteiger partial charge in [0.05, 0.1) is 19.2 Å². The van der Waals surface area contributed by atoms with Crippen molar-refractivity contribution < 1.29 is 9.26 Å². The Morgan fingerprint density at radius 2 is 2.00 bits per heavy atom. The zero-order valence-electron chi connectivity index (χ0n) is 17.9. The van der Waals surface area contributed by atoms with Crippen LogP contribution in [0.1, 0.15) is 57.0 Å². The Hall–Kier alpha value is -2.57. The summed E-state index contributed by atoms with van der Waals surface area (Å²) in [6.45, 7) is 14.1. The molecule has 1 aromatic carbocycles. The van der Waals surface area contributed by atoms with Gasteiger partial charge in [-0.25, -0.2) is 4.99 Å². The van der Waals surface area contributed by atoms with Crippen LogP contribution in [0.5, 0.6) is 5.75 Å². The Labute approximate surface area is 168 Å². The van der Waals surface area contributed by atoms with E-state index in [2.05, 4.69) is 66.7 Å². The van der Waals surface area contributed by atoms with Gasteiger partial charge in [0.1, 0.15) is 5.75 Å². The highest BCUT2D eigenvalue weighted by atomic mass is 16.5. The molecule has 2 rings (SSSR count). The van der Waals surface area contributed by atoms with Crippen molar-refractivity contribution in [2.75, 3.05) is 6.54 Å². The van der Waals surface area contributed by atoms with Crippen molar-refractivity contribution in [2.24, 2.45) is 10.9 Å². The molecule has 1 atom stereocenters. The van der Waals surface area contributed by atoms with E-state index < -0.39 is 0 Å². The molecule has 0 spiro atoms. The van der Waals surface area contributed by atoms with Gasteiger partial charge in [0.25, 0.3) is 0 Å². The lowest BCUT2D eigenvalue weighted by molar-refractivity contribution is 0.191. The lowest BCUT2D eigenvalue weighted by Gasteiger charge is -2.19. The minimum atomic E-state index is 0.164. The number of rotatable bonds is 9. The van der Waals surface area contributed by atoms with Crippen LogP contribution in [-0.4, -0.2) is 28.7 Å². The Balaban J connectivity index is 2.07. The van der Waals surface area contributed by atoms with E-state index in [0.717, 1.165) is 24.3 Å². The third kappa shape index (κ3) is 7.21. The third-order valence-corrected chi connectivity index (χ3v) is 4.09. The first-order valence-corrected chi connectivity index (χ1v) is 9.95. The van der Waals surface area contributed by atoms with Gasteiger partial charge in [0.15, 0.2) is 11.8 Å². The fraction of sp³-hybridized carbons (Fsp3) is 0.571. The van der Waals surface area contributed by atoms with Gasteiger partial charge in [-0.1, -0.05) is 31.1 Å². The second kappa shape index (κ2) is 10.7. The predicted molar refractivity (Wildman–Crippen MR) is 111 cm³/mol. The molecule has 154 valence electrons. The molecule has 2 aromatic rings. The molecule has 0 amide bonds. The molecule has 7 nitrogen and oxygen atoms in total. The molecular weight excluding hydrogens is 354 g/mol. The van der Waals surface area contributed by atoms with Crippen LogP contribution in [0.3, 0.4) is 0 Å². The number of aliphatic imine (C=N–C) groups is 1. The smallest absolute Gasteiger partial charge is 0.223 e. The maximum Gasteiger partial charge on any atom is 0.223 e. The Kier molecular flexibility index (Phi) is 8.29. The third-order valence-electron chi connectivity index (χ3n) is 4.09. The van der Waals surface area contributed by atoms with Gasteiger partial charge in [-0.05, 0) is 44.7 Å². The topological polar surface area (TPSA) is 84.6 Å². The summed E-state index contributed by atoms with van der Waals surface area (Å²) in [4.78, 5) is 8.89. The Bertz CT molecular complexity index is 770. The van der Waals surface area contributed by atoms with Crippen LogP contribution < -0.4 is 15.4 Å². The van der Waals surface area contributed by atoms with Gasteiger partial charge in [-0.2, -0.15) is 4.98 Å². The summed E-state index contributed by atoms with van der Waals surface area (Å²) < 4.78 is 11.2. The van der Waals surface area contributed by atoms with Crippen LogP contribution in [-0.2, 0) is 13.1 Å². The van der Waals surface area contributed by atoms with E-state index in [1.807, 2.05) is 6.92 Å². The van der Waals surface area contributed by atoms with Crippen molar-refractivity contribution in [3.05, 3.63) is 41.0 Å². The number of nitrogens with zero attached hydrogens (tertiary/aromatic N) is 3. The molecule has 1 aromatic heterocycles. The maximum atomic E-state index is 6.22. The summed E-state index contributed by atoms with van der Waals surface area (Å²) >= 11 is 0. The highest BCUT2D eigenvalue weighted by Crippen LogP contribution is 2.24. The summed E-state index contributed by atoms with van der Waals surface area (Å²) in [6.07, 6.45) is 1.18. The number of guanidine groups is 1. The fourth-order valence-corrected chi connectivity index (χ4v) is 2.91. The standard InChI is InChI=1S/C21H33N5O2/c1-7-22-21(24-13-20-25-17(6)28-26-20)23-12-18-9-8-15(4)11-19(18)27-16(5)10-14(2)3/h8-9,11,14,16H,7,10,12-13H2,1-6H3,(H2,22,23,24). The van der Waals surface area contributed by atoms with Gasteiger partial charge in [0.2, 0.25) is 5.89 Å². The molecule has 0 bridgehead atoms. The van der Waals surface area contributed by atoms with Crippen molar-refractivity contribution >= 4 is 5.96 Å². The molecular formula is C21H33N5O2. The van der Waals surface area contributed by atoms with Crippen molar-refractivity contribution in [3.63, 3.8) is 0 Å². The van der Waals surface area contributed by atoms with Gasteiger partial charge < -0.3 is 19.9 Å². The normalized spacial score (nSPS) is 12.9. The summed E-state index contributed by atoms with van der Waals surface area (Å²) in [5.74, 6) is 3.36. The van der Waals surface area contributed by atoms with Crippen LogP contribution in [0, 0.1) is 19.8 Å². The molecule has 0 fully saturated rings. The van der Waals surface area contributed by atoms with Crippen LogP contribution in [0.2, 0.25) is 0 Å². The summed E-state index contributed by atoms with van der Waals surface area (Å²) in [7, 11) is 0. The van der Waals surface area contributed by atoms with E-state index in [1.165, 1.54) is 5.56 Å². The average Bonchev–Trinajstić information content (AvgIpc) is 3.03. The lowest BCUT2D eigenvalue weighted by Crippen LogP contribution is -2.37. The monoisotopic (exact) mass is 387 g/mol. The van der Waals surface area contributed by atoms with Gasteiger partial charge in [0, 0.05) is 19.0 Å². The van der Waals surface area contributed by atoms with Gasteiger partial charge in [-0.15, -0.1) is 0 Å². The molecule has 0 aliphatic rings. The van der Waals surface area contributed by atoms with Gasteiger partial charge in [-0.3, -0.25) is 0 Å². The molecule has 0 saturated carbocycles. The molecule has 1 unspecified atom stereocenters. The van der Waals surface area contributed by atoms with Crippen LogP contribution >= 0.6 is 0 Å². The molecule has 0 aliphatic carbocycles. The first kappa shape index (κ1) is 21.7. The van der Waals surface area contributed by atoms with E-state index in [0.29, 0.717) is 36.7 Å². The van der Waals surface area contributed by atoms with E-state index in [9.17, 15) is 0 Å². The van der Waals surface area contributed by atoms with Crippen molar-refractivity contribution in [1.82, 2.24) is 20.8 Å². The number of nitrogens with one attached hydrogen (secondary N) is 2. The van der Waals surface area contributed by atoms with Crippen molar-refractivity contribution in [2.45, 2.75) is 67.2 Å². The molecule has 0 radical (unpaired) electrons. The highest BCUT2D eigenvalue weighted by Gasteiger charge is 2.11. The molecule has 0 saturated heterocycles. The molecule has 28 heavy (non-hydrogen) atoms. The van der Waals surface area contributed by atoms with Crippen LogP contribution in [0.15, 0.2) is 27.7 Å². The first-order chi connectivity index (χ1) is 13.4. The summed E-state index contributed by atoms with van der Waals surface area (Å²) in [5.41, 5.74) is 2.24. The Morgan fingerprint density at radius 3 is 2.64 bits per heavy atom. The highest BCUT2D eigenvalue weighted by molar-refractivity contribution is 5.79. The molecule has 1 heterocycles. The summed E-state index contributed by atoms with van der Waals surface area (Å²) in [5, 5.41) is 10.4. The van der Waals surface area contributed by atoms with Crippen molar-refractivity contribution in [3.8, 4) is 5.75 Å². The average molecular weight is 388 g/mol.